The summed E-state index contributed by atoms with van der Waals surface area (Å²) in [5, 5.41) is 8.95. The third-order valence-electron chi connectivity index (χ3n) is 4.78. The Kier molecular flexibility index (Phi) is 5.97. The number of anilines is 2. The number of benzene rings is 2. The number of halogens is 3. The molecule has 2 amide bonds. The van der Waals surface area contributed by atoms with Crippen LogP contribution >= 0.6 is 0 Å². The van der Waals surface area contributed by atoms with Gasteiger partial charge in [-0.05, 0) is 49.4 Å². The lowest BCUT2D eigenvalue weighted by molar-refractivity contribution is -0.143. The molecule has 4 rings (SSSR count). The van der Waals surface area contributed by atoms with Gasteiger partial charge >= 0.3 is 12.1 Å². The highest BCUT2D eigenvalue weighted by Gasteiger charge is 2.41. The van der Waals surface area contributed by atoms with Crippen molar-refractivity contribution in [3.63, 3.8) is 0 Å². The fourth-order valence-electron chi connectivity index (χ4n) is 3.28. The van der Waals surface area contributed by atoms with Gasteiger partial charge in [0.25, 0.3) is 11.8 Å². The second kappa shape index (κ2) is 8.89. The molecular weight excluding hydrogens is 457 g/mol. The summed E-state index contributed by atoms with van der Waals surface area (Å²) < 4.78 is 51.5. The van der Waals surface area contributed by atoms with Crippen molar-refractivity contribution in [3.05, 3.63) is 65.5 Å². The molecule has 9 nitrogen and oxygen atoms in total. The topological polar surface area (TPSA) is 112 Å². The molecule has 2 aromatic carbocycles. The number of carbonyl (C=O) groups is 3. The summed E-state index contributed by atoms with van der Waals surface area (Å²) in [6.07, 6.45) is -4.06. The Morgan fingerprint density at radius 3 is 2.62 bits per heavy atom. The van der Waals surface area contributed by atoms with Gasteiger partial charge < -0.3 is 20.1 Å². The van der Waals surface area contributed by atoms with E-state index in [-0.39, 0.29) is 30.4 Å². The highest BCUT2D eigenvalue weighted by Crippen LogP contribution is 2.34. The van der Waals surface area contributed by atoms with Gasteiger partial charge in [-0.25, -0.2) is 9.48 Å². The largest absolute Gasteiger partial charge is 0.482 e. The van der Waals surface area contributed by atoms with E-state index in [1.165, 1.54) is 49.4 Å². The molecule has 1 aliphatic rings. The second-order valence-electron chi connectivity index (χ2n) is 7.09. The number of ether oxygens (including phenoxy) is 2. The summed E-state index contributed by atoms with van der Waals surface area (Å²) in [6.45, 7) is 1.24. The number of amides is 2. The third kappa shape index (κ3) is 4.56. The fraction of sp³-hybridized carbons (Fsp3) is 0.182. The fourth-order valence-corrected chi connectivity index (χ4v) is 3.28. The van der Waals surface area contributed by atoms with Crippen LogP contribution in [0.3, 0.4) is 0 Å². The van der Waals surface area contributed by atoms with E-state index in [0.717, 1.165) is 6.20 Å². The lowest BCUT2D eigenvalue weighted by atomic mass is 10.1. The van der Waals surface area contributed by atoms with Crippen molar-refractivity contribution < 1.29 is 37.0 Å². The normalized spacial score (nSPS) is 12.9. The predicted octanol–water partition coefficient (Wildman–Crippen LogP) is 3.65. The minimum atomic E-state index is -4.86. The van der Waals surface area contributed by atoms with E-state index < -0.39 is 29.3 Å². The molecule has 0 atom stereocenters. The Labute approximate surface area is 190 Å². The molecule has 0 spiro atoms. The molecular formula is C22H17F3N4O5. The third-order valence-corrected chi connectivity index (χ3v) is 4.78. The van der Waals surface area contributed by atoms with E-state index in [2.05, 4.69) is 20.5 Å². The molecule has 0 saturated carbocycles. The zero-order valence-corrected chi connectivity index (χ0v) is 17.6. The summed E-state index contributed by atoms with van der Waals surface area (Å²) in [7, 11) is 0. The average molecular weight is 474 g/mol. The Balaban J connectivity index is 1.55. The molecule has 2 N–H and O–H groups in total. The van der Waals surface area contributed by atoms with Crippen LogP contribution in [0, 0.1) is 0 Å². The molecule has 176 valence electrons. The van der Waals surface area contributed by atoms with Gasteiger partial charge in [0.2, 0.25) is 0 Å². The molecule has 0 bridgehead atoms. The number of esters is 1. The molecule has 3 aromatic rings. The van der Waals surface area contributed by atoms with E-state index in [0.29, 0.717) is 21.8 Å². The quantitative estimate of drug-likeness (QED) is 0.546. The van der Waals surface area contributed by atoms with Gasteiger partial charge in [0.05, 0.1) is 24.2 Å². The molecule has 0 aliphatic carbocycles. The van der Waals surface area contributed by atoms with Crippen LogP contribution in [0.25, 0.3) is 5.69 Å². The highest BCUT2D eigenvalue weighted by molar-refractivity contribution is 6.05. The van der Waals surface area contributed by atoms with Gasteiger partial charge in [-0.2, -0.15) is 18.3 Å². The lowest BCUT2D eigenvalue weighted by Gasteiger charge is -2.18. The Morgan fingerprint density at radius 1 is 1.21 bits per heavy atom. The van der Waals surface area contributed by atoms with Gasteiger partial charge in [-0.1, -0.05) is 0 Å². The number of nitrogens with zero attached hydrogens (tertiary/aromatic N) is 2. The monoisotopic (exact) mass is 474 g/mol. The van der Waals surface area contributed by atoms with E-state index in [4.69, 9.17) is 4.74 Å². The summed E-state index contributed by atoms with van der Waals surface area (Å²) in [5.74, 6) is -1.57. The summed E-state index contributed by atoms with van der Waals surface area (Å²) in [4.78, 5) is 35.8. The van der Waals surface area contributed by atoms with Crippen LogP contribution in [0.2, 0.25) is 0 Å². The van der Waals surface area contributed by atoms with Gasteiger partial charge in [-0.3, -0.25) is 9.59 Å². The molecule has 2 heterocycles. The number of nitrogens with one attached hydrogen (secondary N) is 2. The van der Waals surface area contributed by atoms with Crippen LogP contribution in [-0.4, -0.2) is 40.8 Å². The molecule has 1 aromatic heterocycles. The van der Waals surface area contributed by atoms with Gasteiger partial charge in [0.1, 0.15) is 11.3 Å². The minimum Gasteiger partial charge on any atom is -0.482 e. The van der Waals surface area contributed by atoms with E-state index in [1.807, 2.05) is 0 Å². The number of fused-ring (bicyclic) bond motifs is 1. The number of rotatable bonds is 5. The molecule has 0 fully saturated rings. The maximum atomic E-state index is 13.7. The van der Waals surface area contributed by atoms with Gasteiger partial charge in [0, 0.05) is 11.3 Å². The van der Waals surface area contributed by atoms with Crippen molar-refractivity contribution in [3.8, 4) is 11.4 Å². The predicted molar refractivity (Wildman–Crippen MR) is 113 cm³/mol. The molecule has 0 saturated heterocycles. The average Bonchev–Trinajstić information content (AvgIpc) is 3.25. The smallest absolute Gasteiger partial charge is 0.434 e. The number of hydrogen-bond donors (Lipinski definition) is 2. The number of aromatic nitrogens is 2. The zero-order chi connectivity index (χ0) is 24.5. The Bertz CT molecular complexity index is 1270. The Morgan fingerprint density at radius 2 is 1.94 bits per heavy atom. The van der Waals surface area contributed by atoms with Crippen LogP contribution < -0.4 is 15.4 Å². The maximum absolute atomic E-state index is 13.7. The number of hydrogen-bond acceptors (Lipinski definition) is 6. The maximum Gasteiger partial charge on any atom is 0.434 e. The summed E-state index contributed by atoms with van der Waals surface area (Å²) in [6, 6.07) is 9.92. The SMILES string of the molecule is CCOC(=O)c1cnn(-c2ccc(NC(=O)c3ccc4c(c3)OCC(=O)N4)cc2)c1C(F)(F)F. The van der Waals surface area contributed by atoms with E-state index in [9.17, 15) is 27.6 Å². The molecule has 34 heavy (non-hydrogen) atoms. The van der Waals surface area contributed by atoms with Crippen LogP contribution in [0.4, 0.5) is 24.5 Å². The summed E-state index contributed by atoms with van der Waals surface area (Å²) >= 11 is 0. The van der Waals surface area contributed by atoms with E-state index in [1.54, 1.807) is 0 Å². The molecule has 0 radical (unpaired) electrons. The standard InChI is InChI=1S/C22H17F3N4O5/c1-2-33-21(32)15-10-26-29(19(15)22(23,24)25)14-6-4-13(5-7-14)27-20(31)12-3-8-16-17(9-12)34-11-18(30)28-16/h3-10H,2,11H2,1H3,(H,27,31)(H,28,30). The van der Waals surface area contributed by atoms with Crippen molar-refractivity contribution in [2.45, 2.75) is 13.1 Å². The summed E-state index contributed by atoms with van der Waals surface area (Å²) in [5.41, 5.74) is -0.921. The van der Waals surface area contributed by atoms with Crippen LogP contribution in [-0.2, 0) is 15.7 Å². The molecule has 0 unspecified atom stereocenters. The first-order valence-electron chi connectivity index (χ1n) is 9.98. The number of carbonyl (C=O) groups excluding carboxylic acids is 3. The number of alkyl halides is 3. The minimum absolute atomic E-state index is 0.0267. The van der Waals surface area contributed by atoms with Crippen LogP contribution in [0.5, 0.6) is 5.75 Å². The first-order chi connectivity index (χ1) is 16.2. The van der Waals surface area contributed by atoms with Crippen LogP contribution in [0.15, 0.2) is 48.7 Å². The first kappa shape index (κ1) is 22.8. The lowest BCUT2D eigenvalue weighted by Crippen LogP contribution is -2.25. The molecule has 1 aliphatic heterocycles. The highest BCUT2D eigenvalue weighted by atomic mass is 19.4. The molecule has 12 heteroatoms. The van der Waals surface area contributed by atoms with Gasteiger partial charge in [-0.15, -0.1) is 0 Å². The zero-order valence-electron chi connectivity index (χ0n) is 17.6. The van der Waals surface area contributed by atoms with Crippen molar-refractivity contribution in [2.24, 2.45) is 0 Å². The van der Waals surface area contributed by atoms with Crippen molar-refractivity contribution in [1.82, 2.24) is 9.78 Å². The van der Waals surface area contributed by atoms with Crippen molar-refractivity contribution in [1.29, 1.82) is 0 Å². The van der Waals surface area contributed by atoms with E-state index >= 15 is 0 Å². The van der Waals surface area contributed by atoms with Gasteiger partial charge in [0.15, 0.2) is 12.3 Å². The van der Waals surface area contributed by atoms with Crippen molar-refractivity contribution >= 4 is 29.2 Å². The van der Waals surface area contributed by atoms with Crippen LogP contribution in [0.1, 0.15) is 33.3 Å². The van der Waals surface area contributed by atoms with Crippen molar-refractivity contribution in [2.75, 3.05) is 23.8 Å². The Hall–Kier alpha value is -4.35. The second-order valence-corrected chi connectivity index (χ2v) is 7.09. The first-order valence-corrected chi connectivity index (χ1v) is 9.98.